The first kappa shape index (κ1) is 15.3. The molecule has 1 aromatic rings. The van der Waals surface area contributed by atoms with Crippen LogP contribution in [0.15, 0.2) is 18.2 Å². The van der Waals surface area contributed by atoms with Gasteiger partial charge in [-0.15, -0.1) is 0 Å². The SMILES string of the molecule is CCN1CCN(CC(=O)N2CCCc3c(N)cccc32)CC1. The molecule has 2 N–H and O–H groups in total. The summed E-state index contributed by atoms with van der Waals surface area (Å²) in [5.74, 6) is 0.205. The van der Waals surface area contributed by atoms with E-state index in [2.05, 4.69) is 16.7 Å². The Hall–Kier alpha value is -1.59. The standard InChI is InChI=1S/C17H26N4O/c1-2-19-9-11-20(12-10-19)13-17(22)21-8-4-5-14-15(18)6-3-7-16(14)21/h3,6-7H,2,4-5,8-13,18H2,1H3. The number of nitrogens with two attached hydrogens (primary N) is 1. The van der Waals surface area contributed by atoms with Gasteiger partial charge in [-0.2, -0.15) is 0 Å². The molecule has 1 aromatic carbocycles. The van der Waals surface area contributed by atoms with Crippen molar-refractivity contribution >= 4 is 17.3 Å². The molecule has 0 unspecified atom stereocenters. The van der Waals surface area contributed by atoms with Crippen molar-refractivity contribution in [2.24, 2.45) is 0 Å². The van der Waals surface area contributed by atoms with E-state index in [9.17, 15) is 4.79 Å². The van der Waals surface area contributed by atoms with Gasteiger partial charge in [0.1, 0.15) is 0 Å². The van der Waals surface area contributed by atoms with Gasteiger partial charge in [-0.05, 0) is 37.1 Å². The average molecular weight is 302 g/mol. The second kappa shape index (κ2) is 6.67. The minimum atomic E-state index is 0.205. The summed E-state index contributed by atoms with van der Waals surface area (Å²) in [6.07, 6.45) is 1.97. The highest BCUT2D eigenvalue weighted by atomic mass is 16.2. The van der Waals surface area contributed by atoms with E-state index in [1.165, 1.54) is 0 Å². The second-order valence-electron chi connectivity index (χ2n) is 6.20. The summed E-state index contributed by atoms with van der Waals surface area (Å²) in [6.45, 7) is 8.71. The molecule has 1 fully saturated rings. The number of fused-ring (bicyclic) bond motifs is 1. The van der Waals surface area contributed by atoms with Gasteiger partial charge in [0.25, 0.3) is 0 Å². The highest BCUT2D eigenvalue weighted by molar-refractivity contribution is 5.96. The molecule has 0 aliphatic carbocycles. The summed E-state index contributed by atoms with van der Waals surface area (Å²) >= 11 is 0. The second-order valence-corrected chi connectivity index (χ2v) is 6.20. The number of anilines is 2. The van der Waals surface area contributed by atoms with E-state index >= 15 is 0 Å². The van der Waals surface area contributed by atoms with Gasteiger partial charge in [0.2, 0.25) is 5.91 Å². The van der Waals surface area contributed by atoms with Gasteiger partial charge >= 0.3 is 0 Å². The van der Waals surface area contributed by atoms with Crippen molar-refractivity contribution in [1.29, 1.82) is 0 Å². The number of piperazine rings is 1. The lowest BCUT2D eigenvalue weighted by Crippen LogP contribution is -2.50. The lowest BCUT2D eigenvalue weighted by Gasteiger charge is -2.36. The monoisotopic (exact) mass is 302 g/mol. The van der Waals surface area contributed by atoms with Crippen LogP contribution in [-0.4, -0.2) is 61.5 Å². The highest BCUT2D eigenvalue weighted by Crippen LogP contribution is 2.31. The number of likely N-dealkylation sites (N-methyl/N-ethyl adjacent to an activating group) is 1. The molecule has 1 saturated heterocycles. The Morgan fingerprint density at radius 1 is 1.14 bits per heavy atom. The highest BCUT2D eigenvalue weighted by Gasteiger charge is 2.26. The molecule has 2 aliphatic rings. The third-order valence-corrected chi connectivity index (χ3v) is 4.86. The van der Waals surface area contributed by atoms with Crippen molar-refractivity contribution in [1.82, 2.24) is 9.80 Å². The van der Waals surface area contributed by atoms with Crippen molar-refractivity contribution in [3.8, 4) is 0 Å². The van der Waals surface area contributed by atoms with Crippen LogP contribution in [0.5, 0.6) is 0 Å². The van der Waals surface area contributed by atoms with Crippen LogP contribution in [0.1, 0.15) is 18.9 Å². The summed E-state index contributed by atoms with van der Waals surface area (Å²) < 4.78 is 0. The third kappa shape index (κ3) is 3.10. The summed E-state index contributed by atoms with van der Waals surface area (Å²) in [7, 11) is 0. The zero-order valence-corrected chi connectivity index (χ0v) is 13.4. The van der Waals surface area contributed by atoms with E-state index in [1.807, 2.05) is 23.1 Å². The fourth-order valence-corrected chi connectivity index (χ4v) is 3.45. The van der Waals surface area contributed by atoms with E-state index in [0.29, 0.717) is 6.54 Å². The predicted octanol–water partition coefficient (Wildman–Crippen LogP) is 1.19. The molecular formula is C17H26N4O. The molecule has 0 aromatic heterocycles. The lowest BCUT2D eigenvalue weighted by atomic mass is 10.00. The predicted molar refractivity (Wildman–Crippen MR) is 90.1 cm³/mol. The first-order valence-electron chi connectivity index (χ1n) is 8.31. The molecule has 3 rings (SSSR count). The average Bonchev–Trinajstić information content (AvgIpc) is 2.55. The number of carbonyl (C=O) groups is 1. The van der Waals surface area contributed by atoms with Gasteiger partial charge in [-0.1, -0.05) is 13.0 Å². The van der Waals surface area contributed by atoms with Crippen LogP contribution in [0.2, 0.25) is 0 Å². The summed E-state index contributed by atoms with van der Waals surface area (Å²) in [6, 6.07) is 5.90. The molecule has 5 heteroatoms. The van der Waals surface area contributed by atoms with Crippen LogP contribution in [0.3, 0.4) is 0 Å². The number of nitrogens with zero attached hydrogens (tertiary/aromatic N) is 3. The molecule has 0 spiro atoms. The van der Waals surface area contributed by atoms with Crippen molar-refractivity contribution < 1.29 is 4.79 Å². The summed E-state index contributed by atoms with van der Waals surface area (Å²) in [4.78, 5) is 19.4. The first-order chi connectivity index (χ1) is 10.7. The summed E-state index contributed by atoms with van der Waals surface area (Å²) in [5.41, 5.74) is 9.03. The van der Waals surface area contributed by atoms with Gasteiger partial charge in [0.15, 0.2) is 0 Å². The van der Waals surface area contributed by atoms with Crippen LogP contribution < -0.4 is 10.6 Å². The molecule has 5 nitrogen and oxygen atoms in total. The fraction of sp³-hybridized carbons (Fsp3) is 0.588. The molecule has 0 saturated carbocycles. The summed E-state index contributed by atoms with van der Waals surface area (Å²) in [5, 5.41) is 0. The maximum Gasteiger partial charge on any atom is 0.241 e. The Morgan fingerprint density at radius 2 is 1.86 bits per heavy atom. The van der Waals surface area contributed by atoms with Crippen LogP contribution >= 0.6 is 0 Å². The maximum absolute atomic E-state index is 12.7. The number of benzene rings is 1. The zero-order valence-electron chi connectivity index (χ0n) is 13.4. The molecule has 2 aliphatic heterocycles. The van der Waals surface area contributed by atoms with Crippen molar-refractivity contribution in [3.05, 3.63) is 23.8 Å². The largest absolute Gasteiger partial charge is 0.398 e. The minimum Gasteiger partial charge on any atom is -0.398 e. The Kier molecular flexibility index (Phi) is 4.64. The zero-order chi connectivity index (χ0) is 15.5. The van der Waals surface area contributed by atoms with Gasteiger partial charge < -0.3 is 15.5 Å². The maximum atomic E-state index is 12.7. The van der Waals surface area contributed by atoms with Gasteiger partial charge in [-0.25, -0.2) is 0 Å². The molecule has 1 amide bonds. The van der Waals surface area contributed by atoms with Crippen LogP contribution in [0.25, 0.3) is 0 Å². The van der Waals surface area contributed by atoms with Gasteiger partial charge in [-0.3, -0.25) is 9.69 Å². The van der Waals surface area contributed by atoms with E-state index in [-0.39, 0.29) is 5.91 Å². The number of hydrogen-bond donors (Lipinski definition) is 1. The molecule has 22 heavy (non-hydrogen) atoms. The van der Waals surface area contributed by atoms with E-state index in [0.717, 1.165) is 69.0 Å². The molecule has 0 atom stereocenters. The topological polar surface area (TPSA) is 52.8 Å². The third-order valence-electron chi connectivity index (χ3n) is 4.86. The molecule has 120 valence electrons. The van der Waals surface area contributed by atoms with Crippen LogP contribution in [-0.2, 0) is 11.2 Å². The molecule has 2 heterocycles. The van der Waals surface area contributed by atoms with Gasteiger partial charge in [0, 0.05) is 44.1 Å². The Labute approximate surface area is 132 Å². The molecular weight excluding hydrogens is 276 g/mol. The number of rotatable bonds is 3. The molecule has 0 radical (unpaired) electrons. The number of carbonyl (C=O) groups excluding carboxylic acids is 1. The van der Waals surface area contributed by atoms with E-state index < -0.39 is 0 Å². The lowest BCUT2D eigenvalue weighted by molar-refractivity contribution is -0.120. The van der Waals surface area contributed by atoms with E-state index in [4.69, 9.17) is 5.73 Å². The van der Waals surface area contributed by atoms with Crippen LogP contribution in [0.4, 0.5) is 11.4 Å². The van der Waals surface area contributed by atoms with Crippen LogP contribution in [0, 0.1) is 0 Å². The first-order valence-corrected chi connectivity index (χ1v) is 8.31. The normalized spacial score (nSPS) is 20.0. The Bertz CT molecular complexity index is 537. The van der Waals surface area contributed by atoms with Crippen molar-refractivity contribution in [2.45, 2.75) is 19.8 Å². The molecule has 0 bridgehead atoms. The smallest absolute Gasteiger partial charge is 0.241 e. The minimum absolute atomic E-state index is 0.205. The number of hydrogen-bond acceptors (Lipinski definition) is 4. The fourth-order valence-electron chi connectivity index (χ4n) is 3.45. The van der Waals surface area contributed by atoms with Crippen molar-refractivity contribution in [3.63, 3.8) is 0 Å². The number of nitrogen functional groups attached to an aromatic ring is 1. The number of amides is 1. The van der Waals surface area contributed by atoms with Crippen molar-refractivity contribution in [2.75, 3.05) is 56.4 Å². The Morgan fingerprint density at radius 3 is 2.59 bits per heavy atom. The Balaban J connectivity index is 1.66. The van der Waals surface area contributed by atoms with Gasteiger partial charge in [0.05, 0.1) is 6.54 Å². The quantitative estimate of drug-likeness (QED) is 0.852. The van der Waals surface area contributed by atoms with E-state index in [1.54, 1.807) is 0 Å².